The zero-order valence-corrected chi connectivity index (χ0v) is 22.1. The first-order chi connectivity index (χ1) is 18.8. The van der Waals surface area contributed by atoms with E-state index in [-0.39, 0.29) is 30.1 Å². The number of aryl methyl sites for hydroxylation is 1. The number of carbonyl (C=O) groups is 4. The molecule has 0 spiro atoms. The molecule has 6 nitrogen and oxygen atoms in total. The lowest BCUT2D eigenvalue weighted by Gasteiger charge is -2.22. The van der Waals surface area contributed by atoms with Gasteiger partial charge < -0.3 is 10.4 Å². The number of nitrogens with one attached hydrogen (secondary N) is 1. The Balaban J connectivity index is 1.60. The van der Waals surface area contributed by atoms with Gasteiger partial charge in [-0.15, -0.1) is 0 Å². The van der Waals surface area contributed by atoms with Crippen molar-refractivity contribution in [1.82, 2.24) is 5.32 Å². The maximum Gasteiger partial charge on any atom is 0.305 e. The van der Waals surface area contributed by atoms with Gasteiger partial charge in [-0.25, -0.2) is 0 Å². The van der Waals surface area contributed by atoms with Gasteiger partial charge in [0.25, 0.3) is 5.91 Å². The van der Waals surface area contributed by atoms with Crippen LogP contribution in [0.25, 0.3) is 5.57 Å². The minimum absolute atomic E-state index is 0.0136. The standard InChI is InChI=1S/C33H33NO5/c1-22-7-9-26(10-8-22)30(35)21-29(25-13-11-24(12-14-25)23-5-3-2-4-6-23)32(38)27-15-17-28(18-16-27)33(39)34-20-19-31(36)37/h7-18,21,23H,2-6,19-20H2,1H3,(H,34,39)(H,36,37). The van der Waals surface area contributed by atoms with Crippen LogP contribution in [0.1, 0.15) is 92.2 Å². The number of carboxylic acids is 1. The number of rotatable bonds is 10. The van der Waals surface area contributed by atoms with Gasteiger partial charge in [-0.05, 0) is 55.0 Å². The highest BCUT2D eigenvalue weighted by Gasteiger charge is 2.20. The molecule has 0 saturated heterocycles. The van der Waals surface area contributed by atoms with Crippen molar-refractivity contribution in [3.05, 3.63) is 112 Å². The highest BCUT2D eigenvalue weighted by molar-refractivity contribution is 6.32. The fourth-order valence-corrected chi connectivity index (χ4v) is 4.90. The van der Waals surface area contributed by atoms with Crippen LogP contribution in [-0.4, -0.2) is 35.1 Å². The van der Waals surface area contributed by atoms with Gasteiger partial charge >= 0.3 is 5.97 Å². The summed E-state index contributed by atoms with van der Waals surface area (Å²) in [4.78, 5) is 49.8. The molecule has 1 fully saturated rings. The molecule has 1 saturated carbocycles. The number of amides is 1. The Morgan fingerprint density at radius 1 is 0.769 bits per heavy atom. The van der Waals surface area contributed by atoms with Crippen LogP contribution in [0.3, 0.4) is 0 Å². The Bertz CT molecular complexity index is 1360. The van der Waals surface area contributed by atoms with Crippen molar-refractivity contribution < 1.29 is 24.3 Å². The summed E-state index contributed by atoms with van der Waals surface area (Å²) in [6.07, 6.45) is 7.30. The smallest absolute Gasteiger partial charge is 0.305 e. The minimum Gasteiger partial charge on any atom is -0.481 e. The Labute approximate surface area is 228 Å². The van der Waals surface area contributed by atoms with Crippen LogP contribution in [0.4, 0.5) is 0 Å². The number of Topliss-reactive ketones (excluding diaryl/α,β-unsaturated/α-hetero) is 1. The Hall–Kier alpha value is -4.32. The fraction of sp³-hybridized carbons (Fsp3) is 0.273. The van der Waals surface area contributed by atoms with E-state index in [0.717, 1.165) is 5.56 Å². The van der Waals surface area contributed by atoms with Gasteiger partial charge in [-0.2, -0.15) is 0 Å². The lowest BCUT2D eigenvalue weighted by atomic mass is 9.83. The van der Waals surface area contributed by atoms with Gasteiger partial charge in [-0.1, -0.05) is 85.5 Å². The van der Waals surface area contributed by atoms with Gasteiger partial charge in [0, 0.05) is 28.8 Å². The maximum atomic E-state index is 13.7. The van der Waals surface area contributed by atoms with Crippen molar-refractivity contribution in [1.29, 1.82) is 0 Å². The van der Waals surface area contributed by atoms with E-state index in [4.69, 9.17) is 5.11 Å². The van der Waals surface area contributed by atoms with E-state index >= 15 is 0 Å². The molecule has 0 heterocycles. The largest absolute Gasteiger partial charge is 0.481 e. The highest BCUT2D eigenvalue weighted by atomic mass is 16.4. The van der Waals surface area contributed by atoms with Crippen LogP contribution in [0, 0.1) is 6.92 Å². The van der Waals surface area contributed by atoms with Gasteiger partial charge in [0.2, 0.25) is 0 Å². The zero-order chi connectivity index (χ0) is 27.8. The summed E-state index contributed by atoms with van der Waals surface area (Å²) in [5.74, 6) is -1.47. The molecule has 3 aromatic rings. The number of hydrogen-bond acceptors (Lipinski definition) is 4. The highest BCUT2D eigenvalue weighted by Crippen LogP contribution is 2.33. The second kappa shape index (κ2) is 13.0. The first kappa shape index (κ1) is 27.7. The van der Waals surface area contributed by atoms with Gasteiger partial charge in [0.1, 0.15) is 0 Å². The normalized spacial score (nSPS) is 14.0. The number of hydrogen-bond donors (Lipinski definition) is 2. The summed E-state index contributed by atoms with van der Waals surface area (Å²) in [6.45, 7) is 1.96. The molecule has 200 valence electrons. The lowest BCUT2D eigenvalue weighted by Crippen LogP contribution is -2.26. The first-order valence-corrected chi connectivity index (χ1v) is 13.4. The molecule has 0 unspecified atom stereocenters. The summed E-state index contributed by atoms with van der Waals surface area (Å²) in [6, 6.07) is 21.3. The Morgan fingerprint density at radius 3 is 1.95 bits per heavy atom. The van der Waals surface area contributed by atoms with Crippen molar-refractivity contribution in [3.8, 4) is 0 Å². The third-order valence-corrected chi connectivity index (χ3v) is 7.19. The number of carboxylic acid groups (broad SMARTS) is 1. The van der Waals surface area contributed by atoms with E-state index < -0.39 is 11.9 Å². The number of carbonyl (C=O) groups excluding carboxylic acids is 3. The summed E-state index contributed by atoms with van der Waals surface area (Å²) in [7, 11) is 0. The number of benzene rings is 3. The molecule has 1 aliphatic rings. The van der Waals surface area contributed by atoms with Crippen molar-refractivity contribution in [2.75, 3.05) is 6.54 Å². The minimum atomic E-state index is -0.998. The molecular formula is C33H33NO5. The summed E-state index contributed by atoms with van der Waals surface area (Å²) >= 11 is 0. The predicted molar refractivity (Wildman–Crippen MR) is 151 cm³/mol. The summed E-state index contributed by atoms with van der Waals surface area (Å²) < 4.78 is 0. The SMILES string of the molecule is Cc1ccc(C(=O)C=C(C(=O)c2ccc(C(=O)NCCC(=O)O)cc2)c2ccc(C3CCCCC3)cc2)cc1. The monoisotopic (exact) mass is 523 g/mol. The van der Waals surface area contributed by atoms with Crippen LogP contribution >= 0.6 is 0 Å². The molecule has 0 bridgehead atoms. The molecular weight excluding hydrogens is 490 g/mol. The van der Waals surface area contributed by atoms with Crippen LogP contribution in [0.5, 0.6) is 0 Å². The summed E-state index contributed by atoms with van der Waals surface area (Å²) in [5.41, 5.74) is 4.40. The van der Waals surface area contributed by atoms with E-state index in [0.29, 0.717) is 28.2 Å². The quantitative estimate of drug-likeness (QED) is 0.237. The van der Waals surface area contributed by atoms with Gasteiger partial charge in [0.05, 0.1) is 6.42 Å². The zero-order valence-electron chi connectivity index (χ0n) is 22.1. The van der Waals surface area contributed by atoms with Crippen molar-refractivity contribution in [3.63, 3.8) is 0 Å². The molecule has 6 heteroatoms. The topological polar surface area (TPSA) is 101 Å². The molecule has 0 atom stereocenters. The van der Waals surface area contributed by atoms with E-state index in [9.17, 15) is 19.2 Å². The Morgan fingerprint density at radius 2 is 1.33 bits per heavy atom. The van der Waals surface area contributed by atoms with Crippen molar-refractivity contribution in [2.24, 2.45) is 0 Å². The third-order valence-electron chi connectivity index (χ3n) is 7.19. The fourth-order valence-electron chi connectivity index (χ4n) is 4.90. The molecule has 1 aliphatic carbocycles. The third kappa shape index (κ3) is 7.38. The molecule has 39 heavy (non-hydrogen) atoms. The molecule has 0 aliphatic heterocycles. The molecule has 0 aromatic heterocycles. The van der Waals surface area contributed by atoms with Crippen LogP contribution < -0.4 is 5.32 Å². The Kier molecular flexibility index (Phi) is 9.21. The van der Waals surface area contributed by atoms with E-state index in [1.807, 2.05) is 31.2 Å². The predicted octanol–water partition coefficient (Wildman–Crippen LogP) is 6.40. The van der Waals surface area contributed by atoms with E-state index in [1.54, 1.807) is 24.3 Å². The first-order valence-electron chi connectivity index (χ1n) is 13.4. The summed E-state index contributed by atoms with van der Waals surface area (Å²) in [5, 5.41) is 11.3. The van der Waals surface area contributed by atoms with Crippen molar-refractivity contribution >= 4 is 29.0 Å². The van der Waals surface area contributed by atoms with Crippen LogP contribution in [0.15, 0.2) is 78.9 Å². The maximum absolute atomic E-state index is 13.7. The van der Waals surface area contributed by atoms with E-state index in [1.165, 1.54) is 55.9 Å². The molecule has 2 N–H and O–H groups in total. The van der Waals surface area contributed by atoms with Gasteiger partial charge in [-0.3, -0.25) is 19.2 Å². The molecule has 1 amide bonds. The second-order valence-electron chi connectivity index (χ2n) is 10.1. The van der Waals surface area contributed by atoms with E-state index in [2.05, 4.69) is 17.4 Å². The average Bonchev–Trinajstić information content (AvgIpc) is 2.96. The van der Waals surface area contributed by atoms with Crippen molar-refractivity contribution in [2.45, 2.75) is 51.4 Å². The van der Waals surface area contributed by atoms with Crippen LogP contribution in [0.2, 0.25) is 0 Å². The lowest BCUT2D eigenvalue weighted by molar-refractivity contribution is -0.136. The second-order valence-corrected chi connectivity index (χ2v) is 10.1. The van der Waals surface area contributed by atoms with Crippen LogP contribution in [-0.2, 0) is 4.79 Å². The average molecular weight is 524 g/mol. The molecule has 3 aromatic carbocycles. The number of ketones is 2. The number of allylic oxidation sites excluding steroid dienone is 2. The van der Waals surface area contributed by atoms with Gasteiger partial charge in [0.15, 0.2) is 11.6 Å². The molecule has 0 radical (unpaired) electrons. The molecule has 4 rings (SSSR count). The number of aliphatic carboxylic acids is 1.